The van der Waals surface area contributed by atoms with Crippen molar-refractivity contribution in [2.24, 2.45) is 5.73 Å². The minimum atomic E-state index is -0.993. The van der Waals surface area contributed by atoms with Crippen LogP contribution >= 0.6 is 8.19 Å². The molecule has 1 heterocycles. The van der Waals surface area contributed by atoms with Gasteiger partial charge >= 0.3 is 5.97 Å². The summed E-state index contributed by atoms with van der Waals surface area (Å²) < 4.78 is 0. The SMILES string of the molecule is CN(CC(=O)O)C(=N)N.c1cc[pH]c1. The zero-order valence-electron chi connectivity index (χ0n) is 7.90. The van der Waals surface area contributed by atoms with Crippen molar-refractivity contribution in [2.75, 3.05) is 13.6 Å². The molecule has 0 aliphatic carbocycles. The maximum absolute atomic E-state index is 9.92. The van der Waals surface area contributed by atoms with Crippen molar-refractivity contribution in [1.29, 1.82) is 5.41 Å². The Morgan fingerprint density at radius 2 is 2.07 bits per heavy atom. The number of aliphatic carboxylic acids is 1. The predicted molar refractivity (Wildman–Crippen MR) is 58.1 cm³/mol. The molecule has 0 aromatic carbocycles. The fourth-order valence-electron chi connectivity index (χ4n) is 0.566. The number of hydrogen-bond donors (Lipinski definition) is 3. The highest BCUT2D eigenvalue weighted by atomic mass is 31.0. The van der Waals surface area contributed by atoms with E-state index < -0.39 is 5.97 Å². The molecular formula is C8H14N3O2P. The van der Waals surface area contributed by atoms with Gasteiger partial charge < -0.3 is 15.7 Å². The number of carboxylic acid groups (broad SMARTS) is 1. The van der Waals surface area contributed by atoms with E-state index in [1.165, 1.54) is 7.05 Å². The first-order valence-corrected chi connectivity index (χ1v) is 5.04. The summed E-state index contributed by atoms with van der Waals surface area (Å²) in [5.41, 5.74) is 4.93. The largest absolute Gasteiger partial charge is 0.480 e. The molecule has 0 amide bonds. The molecule has 0 saturated heterocycles. The van der Waals surface area contributed by atoms with Gasteiger partial charge in [-0.15, -0.1) is 8.19 Å². The first kappa shape index (κ1) is 12.5. The molecule has 0 aliphatic heterocycles. The van der Waals surface area contributed by atoms with Gasteiger partial charge in [0.15, 0.2) is 5.96 Å². The average Bonchev–Trinajstić information content (AvgIpc) is 2.59. The Hall–Kier alpha value is -1.48. The summed E-state index contributed by atoms with van der Waals surface area (Å²) in [5, 5.41) is 14.9. The Morgan fingerprint density at radius 1 is 1.57 bits per heavy atom. The van der Waals surface area contributed by atoms with Gasteiger partial charge in [-0.25, -0.2) is 0 Å². The Balaban J connectivity index is 0.000000280. The molecule has 1 rings (SSSR count). The van der Waals surface area contributed by atoms with Crippen molar-refractivity contribution in [3.8, 4) is 0 Å². The fourth-order valence-corrected chi connectivity index (χ4v) is 1.12. The van der Waals surface area contributed by atoms with Crippen LogP contribution < -0.4 is 5.73 Å². The van der Waals surface area contributed by atoms with Crippen LogP contribution in [0.1, 0.15) is 0 Å². The number of rotatable bonds is 2. The minimum absolute atomic E-state index is 0.227. The van der Waals surface area contributed by atoms with Crippen LogP contribution in [-0.2, 0) is 4.79 Å². The Labute approximate surface area is 84.1 Å². The summed E-state index contributed by atoms with van der Waals surface area (Å²) in [6, 6.07) is 4.14. The highest BCUT2D eigenvalue weighted by Gasteiger charge is 2.03. The first-order chi connectivity index (χ1) is 6.54. The molecule has 1 aromatic rings. The standard InChI is InChI=1S/C4H9N3O2.C4H5P/c1-7(4(5)6)2-3(8)9;1-2-4-5-3-1/h2H2,1H3,(H3,5,6)(H,8,9);1-5H. The lowest BCUT2D eigenvalue weighted by Gasteiger charge is -2.12. The second-order valence-electron chi connectivity index (χ2n) is 2.52. The average molecular weight is 215 g/mol. The van der Waals surface area contributed by atoms with Crippen LogP contribution in [0.2, 0.25) is 0 Å². The number of nitrogens with zero attached hydrogens (tertiary/aromatic N) is 1. The van der Waals surface area contributed by atoms with E-state index in [4.69, 9.17) is 16.2 Å². The third kappa shape index (κ3) is 7.18. The lowest BCUT2D eigenvalue weighted by atomic mass is 10.6. The molecule has 5 nitrogen and oxygen atoms in total. The van der Waals surface area contributed by atoms with E-state index in [1.807, 2.05) is 0 Å². The van der Waals surface area contributed by atoms with E-state index in [0.717, 1.165) is 13.1 Å². The summed E-state index contributed by atoms with van der Waals surface area (Å²) in [5.74, 6) is 3.07. The quantitative estimate of drug-likeness (QED) is 0.498. The highest BCUT2D eigenvalue weighted by molar-refractivity contribution is 7.28. The summed E-state index contributed by atoms with van der Waals surface area (Å²) in [4.78, 5) is 11.0. The highest BCUT2D eigenvalue weighted by Crippen LogP contribution is 1.99. The van der Waals surface area contributed by atoms with Gasteiger partial charge in [0.2, 0.25) is 0 Å². The molecule has 4 N–H and O–H groups in total. The van der Waals surface area contributed by atoms with Gasteiger partial charge in [0.05, 0.1) is 0 Å². The fraction of sp³-hybridized carbons (Fsp3) is 0.250. The van der Waals surface area contributed by atoms with Gasteiger partial charge in [-0.2, -0.15) is 0 Å². The van der Waals surface area contributed by atoms with Crippen molar-refractivity contribution in [3.05, 3.63) is 23.7 Å². The molecule has 0 unspecified atom stereocenters. The van der Waals surface area contributed by atoms with Crippen molar-refractivity contribution in [1.82, 2.24) is 4.90 Å². The van der Waals surface area contributed by atoms with Crippen LogP contribution in [0.3, 0.4) is 0 Å². The van der Waals surface area contributed by atoms with E-state index in [2.05, 4.69) is 23.7 Å². The minimum Gasteiger partial charge on any atom is -0.480 e. The van der Waals surface area contributed by atoms with Crippen LogP contribution in [0.15, 0.2) is 23.7 Å². The molecule has 0 radical (unpaired) electrons. The molecule has 0 atom stereocenters. The molecule has 14 heavy (non-hydrogen) atoms. The number of hydrogen-bond acceptors (Lipinski definition) is 2. The zero-order chi connectivity index (χ0) is 11.0. The van der Waals surface area contributed by atoms with Gasteiger partial charge in [0.1, 0.15) is 6.54 Å². The summed E-state index contributed by atoms with van der Waals surface area (Å²) in [6.07, 6.45) is 0. The van der Waals surface area contributed by atoms with Gasteiger partial charge in [-0.3, -0.25) is 10.2 Å². The molecule has 6 heteroatoms. The van der Waals surface area contributed by atoms with Crippen molar-refractivity contribution in [3.63, 3.8) is 0 Å². The summed E-state index contributed by atoms with van der Waals surface area (Å²) in [7, 11) is 2.39. The molecule has 0 aliphatic rings. The lowest BCUT2D eigenvalue weighted by molar-refractivity contribution is -0.137. The second-order valence-corrected chi connectivity index (χ2v) is 3.52. The Kier molecular flexibility index (Phi) is 6.24. The monoisotopic (exact) mass is 215 g/mol. The Morgan fingerprint density at radius 3 is 2.21 bits per heavy atom. The molecule has 0 fully saturated rings. The third-order valence-corrected chi connectivity index (χ3v) is 2.05. The third-order valence-electron chi connectivity index (χ3n) is 1.28. The molecule has 0 bridgehead atoms. The van der Waals surface area contributed by atoms with Gasteiger partial charge in [-0.1, -0.05) is 12.1 Å². The normalized spacial score (nSPS) is 8.36. The van der Waals surface area contributed by atoms with E-state index in [0.29, 0.717) is 0 Å². The lowest BCUT2D eigenvalue weighted by Crippen LogP contribution is -2.36. The predicted octanol–water partition coefficient (Wildman–Crippen LogP) is 0.614. The maximum atomic E-state index is 9.92. The van der Waals surface area contributed by atoms with Crippen LogP contribution in [0.4, 0.5) is 0 Å². The second kappa shape index (κ2) is 6.97. The molecule has 1 aromatic heterocycles. The number of nitrogens with one attached hydrogen (secondary N) is 1. The van der Waals surface area contributed by atoms with Crippen LogP contribution in [0.5, 0.6) is 0 Å². The van der Waals surface area contributed by atoms with E-state index >= 15 is 0 Å². The van der Waals surface area contributed by atoms with E-state index in [9.17, 15) is 4.79 Å². The topological polar surface area (TPSA) is 90.4 Å². The first-order valence-electron chi connectivity index (χ1n) is 3.88. The van der Waals surface area contributed by atoms with Crippen LogP contribution in [0.25, 0.3) is 0 Å². The number of carbonyl (C=O) groups is 1. The smallest absolute Gasteiger partial charge is 0.323 e. The molecular weight excluding hydrogens is 201 g/mol. The number of carboxylic acids is 1. The van der Waals surface area contributed by atoms with Gasteiger partial charge in [-0.05, 0) is 11.6 Å². The van der Waals surface area contributed by atoms with Crippen LogP contribution in [-0.4, -0.2) is 35.5 Å². The number of likely N-dealkylation sites (N-methyl/N-ethyl adjacent to an activating group) is 1. The van der Waals surface area contributed by atoms with E-state index in [-0.39, 0.29) is 12.5 Å². The maximum Gasteiger partial charge on any atom is 0.323 e. The summed E-state index contributed by atoms with van der Waals surface area (Å²) in [6.45, 7) is -0.227. The molecule has 0 spiro atoms. The molecule has 0 saturated carbocycles. The Bertz CT molecular complexity index is 257. The van der Waals surface area contributed by atoms with Crippen molar-refractivity contribution < 1.29 is 9.90 Å². The van der Waals surface area contributed by atoms with Gasteiger partial charge in [0.25, 0.3) is 0 Å². The van der Waals surface area contributed by atoms with Crippen molar-refractivity contribution in [2.45, 2.75) is 0 Å². The van der Waals surface area contributed by atoms with E-state index in [1.54, 1.807) is 0 Å². The molecule has 78 valence electrons. The van der Waals surface area contributed by atoms with Crippen molar-refractivity contribution >= 4 is 20.1 Å². The van der Waals surface area contributed by atoms with Gasteiger partial charge in [0, 0.05) is 7.05 Å². The van der Waals surface area contributed by atoms with Crippen LogP contribution in [0, 0.1) is 5.41 Å². The number of guanidine groups is 1. The number of nitrogens with two attached hydrogens (primary N) is 1. The summed E-state index contributed by atoms with van der Waals surface area (Å²) >= 11 is 0. The zero-order valence-corrected chi connectivity index (χ0v) is 8.90.